The van der Waals surface area contributed by atoms with Gasteiger partial charge in [0.25, 0.3) is 5.78 Å². The molecule has 1 unspecified atom stereocenters. The van der Waals surface area contributed by atoms with E-state index in [1.807, 2.05) is 6.07 Å². The standard InChI is InChI=1S/C24H22ClN3O4S/c1-3-4-12-32-18-7-5-6-16(13-18)20-19(21(29)15-8-10-17(25)11-9-15)22(30)23(31)28(20)24-27-26-14(2)33-24/h5-11,13,20,29H,3-4,12H2,1-2H3/b21-19+. The van der Waals surface area contributed by atoms with E-state index in [1.165, 1.54) is 16.2 Å². The molecule has 0 spiro atoms. The lowest BCUT2D eigenvalue weighted by molar-refractivity contribution is -0.132. The maximum absolute atomic E-state index is 13.1. The molecule has 2 heterocycles. The molecule has 1 amide bonds. The Balaban J connectivity index is 1.86. The molecule has 7 nitrogen and oxygen atoms in total. The van der Waals surface area contributed by atoms with Crippen LogP contribution in [0, 0.1) is 6.92 Å². The van der Waals surface area contributed by atoms with Crippen LogP contribution < -0.4 is 9.64 Å². The first-order valence-electron chi connectivity index (χ1n) is 10.5. The summed E-state index contributed by atoms with van der Waals surface area (Å²) in [4.78, 5) is 27.6. The number of carbonyl (C=O) groups excluding carboxylic acids is 2. The molecule has 33 heavy (non-hydrogen) atoms. The van der Waals surface area contributed by atoms with Gasteiger partial charge in [-0.1, -0.05) is 48.4 Å². The maximum atomic E-state index is 13.1. The fourth-order valence-electron chi connectivity index (χ4n) is 3.60. The minimum absolute atomic E-state index is 0.0270. The predicted molar refractivity (Wildman–Crippen MR) is 128 cm³/mol. The zero-order valence-corrected chi connectivity index (χ0v) is 19.7. The van der Waals surface area contributed by atoms with Crippen LogP contribution in [0.3, 0.4) is 0 Å². The number of rotatable bonds is 7. The van der Waals surface area contributed by atoms with Gasteiger partial charge in [-0.15, -0.1) is 10.2 Å². The third-order valence-electron chi connectivity index (χ3n) is 5.22. The lowest BCUT2D eigenvalue weighted by atomic mass is 9.95. The Morgan fingerprint density at radius 2 is 1.94 bits per heavy atom. The summed E-state index contributed by atoms with van der Waals surface area (Å²) >= 11 is 7.17. The highest BCUT2D eigenvalue weighted by atomic mass is 35.5. The van der Waals surface area contributed by atoms with Crippen LogP contribution in [0.4, 0.5) is 5.13 Å². The van der Waals surface area contributed by atoms with Crippen molar-refractivity contribution in [2.75, 3.05) is 11.5 Å². The molecular formula is C24H22ClN3O4S. The quantitative estimate of drug-likeness (QED) is 0.212. The molecule has 2 aromatic carbocycles. The number of aromatic nitrogens is 2. The topological polar surface area (TPSA) is 92.6 Å². The molecule has 0 aliphatic carbocycles. The molecule has 9 heteroatoms. The van der Waals surface area contributed by atoms with Crippen LogP contribution in [-0.2, 0) is 9.59 Å². The smallest absolute Gasteiger partial charge is 0.301 e. The van der Waals surface area contributed by atoms with Crippen LogP contribution in [0.2, 0.25) is 5.02 Å². The van der Waals surface area contributed by atoms with E-state index in [9.17, 15) is 14.7 Å². The van der Waals surface area contributed by atoms with E-state index in [0.29, 0.717) is 33.5 Å². The molecule has 1 fully saturated rings. The molecule has 1 saturated heterocycles. The van der Waals surface area contributed by atoms with Crippen molar-refractivity contribution in [3.63, 3.8) is 0 Å². The molecule has 0 bridgehead atoms. The van der Waals surface area contributed by atoms with E-state index < -0.39 is 17.7 Å². The molecule has 170 valence electrons. The van der Waals surface area contributed by atoms with Crippen molar-refractivity contribution in [1.82, 2.24) is 10.2 Å². The summed E-state index contributed by atoms with van der Waals surface area (Å²) < 4.78 is 5.83. The summed E-state index contributed by atoms with van der Waals surface area (Å²) in [5.41, 5.74) is 0.971. The second-order valence-electron chi connectivity index (χ2n) is 7.55. The van der Waals surface area contributed by atoms with Gasteiger partial charge in [-0.3, -0.25) is 14.5 Å². The van der Waals surface area contributed by atoms with Gasteiger partial charge in [0.2, 0.25) is 5.13 Å². The molecule has 1 aliphatic rings. The van der Waals surface area contributed by atoms with Crippen molar-refractivity contribution in [3.05, 3.63) is 75.3 Å². The summed E-state index contributed by atoms with van der Waals surface area (Å²) in [7, 11) is 0. The van der Waals surface area contributed by atoms with Crippen LogP contribution in [0.15, 0.2) is 54.1 Å². The Kier molecular flexibility index (Phi) is 6.76. The van der Waals surface area contributed by atoms with Crippen LogP contribution in [-0.4, -0.2) is 33.6 Å². The Labute approximate surface area is 200 Å². The number of aryl methyl sites for hydroxylation is 1. The molecule has 1 atom stereocenters. The highest BCUT2D eigenvalue weighted by Gasteiger charge is 2.48. The fraction of sp³-hybridized carbons (Fsp3) is 0.250. The summed E-state index contributed by atoms with van der Waals surface area (Å²) in [6.45, 7) is 4.40. The first-order valence-corrected chi connectivity index (χ1v) is 11.7. The first-order chi connectivity index (χ1) is 15.9. The molecule has 1 N–H and O–H groups in total. The van der Waals surface area contributed by atoms with Crippen molar-refractivity contribution in [3.8, 4) is 5.75 Å². The van der Waals surface area contributed by atoms with Gasteiger partial charge in [-0.25, -0.2) is 0 Å². The van der Waals surface area contributed by atoms with Gasteiger partial charge in [0, 0.05) is 10.6 Å². The number of ether oxygens (including phenoxy) is 1. The number of carbonyl (C=O) groups is 2. The van der Waals surface area contributed by atoms with Crippen molar-refractivity contribution in [2.24, 2.45) is 0 Å². The number of hydrogen-bond acceptors (Lipinski definition) is 7. The average Bonchev–Trinajstić information content (AvgIpc) is 3.35. The van der Waals surface area contributed by atoms with E-state index in [-0.39, 0.29) is 16.5 Å². The number of nitrogens with zero attached hydrogens (tertiary/aromatic N) is 3. The number of halogens is 1. The summed E-state index contributed by atoms with van der Waals surface area (Å²) in [5.74, 6) is -1.23. The molecule has 4 rings (SSSR count). The molecule has 1 aliphatic heterocycles. The zero-order valence-electron chi connectivity index (χ0n) is 18.1. The van der Waals surface area contributed by atoms with E-state index in [1.54, 1.807) is 49.4 Å². The van der Waals surface area contributed by atoms with Gasteiger partial charge < -0.3 is 9.84 Å². The second kappa shape index (κ2) is 9.72. The van der Waals surface area contributed by atoms with Crippen LogP contribution >= 0.6 is 22.9 Å². The van der Waals surface area contributed by atoms with E-state index >= 15 is 0 Å². The summed E-state index contributed by atoms with van der Waals surface area (Å²) in [6, 6.07) is 12.7. The number of aliphatic hydroxyl groups is 1. The largest absolute Gasteiger partial charge is 0.507 e. The fourth-order valence-corrected chi connectivity index (χ4v) is 4.44. The Morgan fingerprint density at radius 3 is 2.61 bits per heavy atom. The maximum Gasteiger partial charge on any atom is 0.301 e. The van der Waals surface area contributed by atoms with Gasteiger partial charge in [0.05, 0.1) is 18.2 Å². The Hall–Kier alpha value is -3.23. The zero-order chi connectivity index (χ0) is 23.5. The van der Waals surface area contributed by atoms with E-state index in [2.05, 4.69) is 17.1 Å². The summed E-state index contributed by atoms with van der Waals surface area (Å²) in [5, 5.41) is 20.6. The van der Waals surface area contributed by atoms with E-state index in [4.69, 9.17) is 16.3 Å². The molecule has 0 saturated carbocycles. The predicted octanol–water partition coefficient (Wildman–Crippen LogP) is 5.31. The lowest BCUT2D eigenvalue weighted by Crippen LogP contribution is -2.29. The number of Topliss-reactive ketones (excluding diaryl/α,β-unsaturated/α-hetero) is 1. The van der Waals surface area contributed by atoms with Gasteiger partial charge in [-0.05, 0) is 55.3 Å². The third-order valence-corrected chi connectivity index (χ3v) is 6.31. The second-order valence-corrected chi connectivity index (χ2v) is 9.15. The number of unbranched alkanes of at least 4 members (excludes halogenated alkanes) is 1. The number of benzene rings is 2. The van der Waals surface area contributed by atoms with Gasteiger partial charge in [0.1, 0.15) is 16.5 Å². The minimum Gasteiger partial charge on any atom is -0.507 e. The van der Waals surface area contributed by atoms with Crippen molar-refractivity contribution >= 4 is 45.5 Å². The third kappa shape index (κ3) is 4.62. The van der Waals surface area contributed by atoms with Crippen LogP contribution in [0.25, 0.3) is 5.76 Å². The van der Waals surface area contributed by atoms with Crippen LogP contribution in [0.5, 0.6) is 5.75 Å². The molecule has 3 aromatic rings. The highest BCUT2D eigenvalue weighted by Crippen LogP contribution is 2.43. The monoisotopic (exact) mass is 483 g/mol. The number of aliphatic hydroxyl groups excluding tert-OH is 1. The average molecular weight is 484 g/mol. The number of amides is 1. The first kappa shape index (κ1) is 22.9. The van der Waals surface area contributed by atoms with Crippen molar-refractivity contribution < 1.29 is 19.4 Å². The number of anilines is 1. The van der Waals surface area contributed by atoms with Gasteiger partial charge in [-0.2, -0.15) is 0 Å². The molecule has 0 radical (unpaired) electrons. The summed E-state index contributed by atoms with van der Waals surface area (Å²) in [6.07, 6.45) is 1.90. The minimum atomic E-state index is -0.886. The Bertz CT molecular complexity index is 1220. The van der Waals surface area contributed by atoms with E-state index in [0.717, 1.165) is 12.8 Å². The highest BCUT2D eigenvalue weighted by molar-refractivity contribution is 7.15. The van der Waals surface area contributed by atoms with Crippen molar-refractivity contribution in [2.45, 2.75) is 32.7 Å². The van der Waals surface area contributed by atoms with Gasteiger partial charge in [0.15, 0.2) is 0 Å². The van der Waals surface area contributed by atoms with Crippen LogP contribution in [0.1, 0.15) is 41.9 Å². The Morgan fingerprint density at radius 1 is 1.18 bits per heavy atom. The number of hydrogen-bond donors (Lipinski definition) is 1. The molecular weight excluding hydrogens is 462 g/mol. The normalized spacial score (nSPS) is 17.5. The lowest BCUT2D eigenvalue weighted by Gasteiger charge is -2.23. The molecule has 1 aromatic heterocycles. The van der Waals surface area contributed by atoms with Gasteiger partial charge >= 0.3 is 5.91 Å². The van der Waals surface area contributed by atoms with Crippen molar-refractivity contribution in [1.29, 1.82) is 0 Å². The SMILES string of the molecule is CCCCOc1cccc(C2/C(=C(\O)c3ccc(Cl)cc3)C(=O)C(=O)N2c2nnc(C)s2)c1. The number of ketones is 1.